The zero-order valence-corrected chi connectivity index (χ0v) is 14.3. The highest BCUT2D eigenvalue weighted by molar-refractivity contribution is 9.10. The fourth-order valence-corrected chi connectivity index (χ4v) is 2.58. The van der Waals surface area contributed by atoms with Crippen LogP contribution in [0.3, 0.4) is 0 Å². The Bertz CT molecular complexity index is 638. The summed E-state index contributed by atoms with van der Waals surface area (Å²) in [7, 11) is 0. The van der Waals surface area contributed by atoms with Gasteiger partial charge in [0.25, 0.3) is 0 Å². The normalized spacial score (nSPS) is 10.2. The summed E-state index contributed by atoms with van der Waals surface area (Å²) in [6, 6.07) is 11.8. The van der Waals surface area contributed by atoms with Gasteiger partial charge in [-0.25, -0.2) is 0 Å². The largest absolute Gasteiger partial charge is 0.332 e. The van der Waals surface area contributed by atoms with E-state index in [9.17, 15) is 0 Å². The second-order valence-corrected chi connectivity index (χ2v) is 6.25. The SMILES string of the molecule is Cc1cc(C)cc(NC(=S)Nc2ccc(Br)c(Cl)c2)c1. The third-order valence-corrected chi connectivity index (χ3v) is 4.09. The predicted octanol–water partition coefficient (Wildman–Crippen LogP) is 5.53. The van der Waals surface area contributed by atoms with Crippen molar-refractivity contribution in [3.63, 3.8) is 0 Å². The van der Waals surface area contributed by atoms with E-state index in [1.807, 2.05) is 18.2 Å². The van der Waals surface area contributed by atoms with Crippen LogP contribution in [0.5, 0.6) is 0 Å². The second-order valence-electron chi connectivity index (χ2n) is 4.58. The van der Waals surface area contributed by atoms with Gasteiger partial charge in [-0.05, 0) is 83.5 Å². The van der Waals surface area contributed by atoms with Gasteiger partial charge in [0.15, 0.2) is 5.11 Å². The smallest absolute Gasteiger partial charge is 0.175 e. The van der Waals surface area contributed by atoms with E-state index < -0.39 is 0 Å². The minimum atomic E-state index is 0.536. The molecule has 5 heteroatoms. The first-order chi connectivity index (χ1) is 9.44. The van der Waals surface area contributed by atoms with E-state index in [1.165, 1.54) is 11.1 Å². The van der Waals surface area contributed by atoms with E-state index in [2.05, 4.69) is 58.6 Å². The van der Waals surface area contributed by atoms with Gasteiger partial charge in [0, 0.05) is 15.8 Å². The zero-order valence-electron chi connectivity index (χ0n) is 11.1. The first kappa shape index (κ1) is 15.3. The summed E-state index contributed by atoms with van der Waals surface area (Å²) in [6.07, 6.45) is 0. The van der Waals surface area contributed by atoms with E-state index in [1.54, 1.807) is 0 Å². The molecule has 2 rings (SSSR count). The van der Waals surface area contributed by atoms with Crippen LogP contribution in [-0.4, -0.2) is 5.11 Å². The van der Waals surface area contributed by atoms with Gasteiger partial charge in [-0.1, -0.05) is 17.7 Å². The number of anilines is 2. The number of halogens is 2. The Hall–Kier alpha value is -1.10. The summed E-state index contributed by atoms with van der Waals surface area (Å²) < 4.78 is 0.859. The van der Waals surface area contributed by atoms with Crippen LogP contribution in [0.4, 0.5) is 11.4 Å². The van der Waals surface area contributed by atoms with Gasteiger partial charge in [0.05, 0.1) is 5.02 Å². The highest BCUT2D eigenvalue weighted by atomic mass is 79.9. The van der Waals surface area contributed by atoms with Gasteiger partial charge in [-0.2, -0.15) is 0 Å². The number of nitrogens with one attached hydrogen (secondary N) is 2. The molecule has 2 nitrogen and oxygen atoms in total. The second kappa shape index (κ2) is 6.57. The van der Waals surface area contributed by atoms with Crippen LogP contribution in [0.1, 0.15) is 11.1 Å². The minimum Gasteiger partial charge on any atom is -0.332 e. The number of hydrogen-bond donors (Lipinski definition) is 2. The van der Waals surface area contributed by atoms with Gasteiger partial charge >= 0.3 is 0 Å². The van der Waals surface area contributed by atoms with E-state index in [0.29, 0.717) is 10.1 Å². The maximum Gasteiger partial charge on any atom is 0.175 e. The number of rotatable bonds is 2. The molecule has 20 heavy (non-hydrogen) atoms. The van der Waals surface area contributed by atoms with E-state index >= 15 is 0 Å². The monoisotopic (exact) mass is 368 g/mol. The lowest BCUT2D eigenvalue weighted by molar-refractivity contribution is 1.38. The van der Waals surface area contributed by atoms with E-state index in [0.717, 1.165) is 15.8 Å². The Labute approximate surface area is 137 Å². The molecule has 0 saturated carbocycles. The Balaban J connectivity index is 2.06. The lowest BCUT2D eigenvalue weighted by Gasteiger charge is -2.12. The summed E-state index contributed by atoms with van der Waals surface area (Å²) in [5.41, 5.74) is 4.22. The summed E-state index contributed by atoms with van der Waals surface area (Å²) >= 11 is 14.7. The molecule has 2 N–H and O–H groups in total. The van der Waals surface area contributed by atoms with Gasteiger partial charge in [-0.15, -0.1) is 0 Å². The van der Waals surface area contributed by atoms with Gasteiger partial charge in [0.2, 0.25) is 0 Å². The molecule has 0 bridgehead atoms. The fraction of sp³-hybridized carbons (Fsp3) is 0.133. The Kier molecular flexibility index (Phi) is 5.02. The number of aryl methyl sites for hydroxylation is 2. The number of hydrogen-bond acceptors (Lipinski definition) is 1. The van der Waals surface area contributed by atoms with Crippen LogP contribution in [0, 0.1) is 13.8 Å². The molecular weight excluding hydrogens is 356 g/mol. The molecule has 0 atom stereocenters. The predicted molar refractivity (Wildman–Crippen MR) is 94.9 cm³/mol. The standard InChI is InChI=1S/C15H14BrClN2S/c1-9-5-10(2)7-12(6-9)19-15(20)18-11-3-4-13(16)14(17)8-11/h3-8H,1-2H3,(H2,18,19,20). The molecule has 0 aliphatic carbocycles. The first-order valence-electron chi connectivity index (χ1n) is 6.05. The van der Waals surface area contributed by atoms with Crippen molar-refractivity contribution in [2.75, 3.05) is 10.6 Å². The summed E-state index contributed by atoms with van der Waals surface area (Å²) in [6.45, 7) is 4.12. The van der Waals surface area contributed by atoms with Crippen molar-refractivity contribution in [2.45, 2.75) is 13.8 Å². The molecule has 0 amide bonds. The Morgan fingerprint density at radius 3 is 2.20 bits per heavy atom. The van der Waals surface area contributed by atoms with Crippen molar-refractivity contribution in [3.8, 4) is 0 Å². The maximum atomic E-state index is 6.05. The quantitative estimate of drug-likeness (QED) is 0.681. The Morgan fingerprint density at radius 2 is 1.60 bits per heavy atom. The summed E-state index contributed by atoms with van der Waals surface area (Å²) in [5.74, 6) is 0. The van der Waals surface area contributed by atoms with Crippen LogP contribution in [-0.2, 0) is 0 Å². The molecular formula is C15H14BrClN2S. The van der Waals surface area contributed by atoms with Crippen LogP contribution in [0.2, 0.25) is 5.02 Å². The average molecular weight is 370 g/mol. The molecule has 0 fully saturated rings. The van der Waals surface area contributed by atoms with Crippen molar-refractivity contribution in [1.29, 1.82) is 0 Å². The van der Waals surface area contributed by atoms with Crippen LogP contribution in [0.25, 0.3) is 0 Å². The lowest BCUT2D eigenvalue weighted by Crippen LogP contribution is -2.19. The third-order valence-electron chi connectivity index (χ3n) is 2.66. The van der Waals surface area contributed by atoms with Crippen LogP contribution >= 0.6 is 39.7 Å². The molecule has 0 aliphatic heterocycles. The topological polar surface area (TPSA) is 24.1 Å². The summed E-state index contributed by atoms with van der Waals surface area (Å²) in [5, 5.41) is 7.46. The third kappa shape index (κ3) is 4.20. The van der Waals surface area contributed by atoms with Crippen LogP contribution in [0.15, 0.2) is 40.9 Å². The molecule has 0 heterocycles. The molecule has 2 aromatic rings. The molecule has 104 valence electrons. The number of benzene rings is 2. The first-order valence-corrected chi connectivity index (χ1v) is 7.63. The molecule has 0 radical (unpaired) electrons. The zero-order chi connectivity index (χ0) is 14.7. The number of thiocarbonyl (C=S) groups is 1. The molecule has 0 unspecified atom stereocenters. The van der Waals surface area contributed by atoms with Crippen molar-refractivity contribution in [3.05, 3.63) is 57.0 Å². The highest BCUT2D eigenvalue weighted by Gasteiger charge is 2.03. The van der Waals surface area contributed by atoms with Crippen molar-refractivity contribution in [1.82, 2.24) is 0 Å². The summed E-state index contributed by atoms with van der Waals surface area (Å²) in [4.78, 5) is 0. The highest BCUT2D eigenvalue weighted by Crippen LogP contribution is 2.25. The van der Waals surface area contributed by atoms with Gasteiger partial charge < -0.3 is 10.6 Å². The van der Waals surface area contributed by atoms with Crippen molar-refractivity contribution < 1.29 is 0 Å². The van der Waals surface area contributed by atoms with Gasteiger partial charge in [-0.3, -0.25) is 0 Å². The van der Waals surface area contributed by atoms with Crippen LogP contribution < -0.4 is 10.6 Å². The van der Waals surface area contributed by atoms with Gasteiger partial charge in [0.1, 0.15) is 0 Å². The maximum absolute atomic E-state index is 6.05. The van der Waals surface area contributed by atoms with Crippen molar-refractivity contribution in [2.24, 2.45) is 0 Å². The van der Waals surface area contributed by atoms with E-state index in [-0.39, 0.29) is 0 Å². The van der Waals surface area contributed by atoms with Crippen molar-refractivity contribution >= 4 is 56.2 Å². The molecule has 0 saturated heterocycles. The molecule has 0 aliphatic rings. The molecule has 0 aromatic heterocycles. The minimum absolute atomic E-state index is 0.536. The average Bonchev–Trinajstić information content (AvgIpc) is 2.32. The Morgan fingerprint density at radius 1 is 1.00 bits per heavy atom. The fourth-order valence-electron chi connectivity index (χ4n) is 1.91. The van der Waals surface area contributed by atoms with E-state index in [4.69, 9.17) is 23.8 Å². The molecule has 2 aromatic carbocycles. The lowest BCUT2D eigenvalue weighted by atomic mass is 10.1. The molecule has 0 spiro atoms.